The van der Waals surface area contributed by atoms with Crippen molar-refractivity contribution >= 4 is 33.3 Å². The van der Waals surface area contributed by atoms with E-state index in [1.54, 1.807) is 17.2 Å². The Morgan fingerprint density at radius 3 is 2.35 bits per heavy atom. The van der Waals surface area contributed by atoms with Crippen LogP contribution in [0.15, 0.2) is 60.8 Å². The third kappa shape index (κ3) is 3.18. The molecule has 0 aliphatic heterocycles. The minimum Gasteiger partial charge on any atom is -0.384 e. The Kier molecular flexibility index (Phi) is 4.40. The smallest absolute Gasteiger partial charge is 0.221 e. The van der Waals surface area contributed by atoms with Crippen LogP contribution in [0.2, 0.25) is 0 Å². The largest absolute Gasteiger partial charge is 0.384 e. The average Bonchev–Trinajstić information content (AvgIpc) is 2.68. The Morgan fingerprint density at radius 1 is 0.731 bits per heavy atom. The highest BCUT2D eigenvalue weighted by Gasteiger charge is 2.13. The number of aromatic nitrogens is 2. The summed E-state index contributed by atoms with van der Waals surface area (Å²) in [6, 6.07) is 19.5. The maximum Gasteiger partial charge on any atom is 0.221 e. The first kappa shape index (κ1) is 16.3. The molecule has 0 bridgehead atoms. The van der Waals surface area contributed by atoms with Crippen LogP contribution in [0.3, 0.4) is 0 Å². The molecule has 0 fully saturated rings. The van der Waals surface area contributed by atoms with Gasteiger partial charge in [0, 0.05) is 6.20 Å². The first-order valence-electron chi connectivity index (χ1n) is 8.98. The summed E-state index contributed by atoms with van der Waals surface area (Å²) in [5.41, 5.74) is 13.6. The van der Waals surface area contributed by atoms with E-state index in [1.165, 1.54) is 53.4 Å². The van der Waals surface area contributed by atoms with Gasteiger partial charge in [-0.1, -0.05) is 48.5 Å². The van der Waals surface area contributed by atoms with Crippen LogP contribution in [0.25, 0.3) is 21.5 Å². The minimum absolute atomic E-state index is 0.213. The van der Waals surface area contributed by atoms with Crippen LogP contribution in [0.1, 0.15) is 24.0 Å². The normalized spacial score (nSPS) is 13.1. The van der Waals surface area contributed by atoms with E-state index in [-0.39, 0.29) is 5.95 Å². The second-order valence-corrected chi connectivity index (χ2v) is 6.63. The van der Waals surface area contributed by atoms with E-state index in [2.05, 4.69) is 58.5 Å². The number of benzene rings is 3. The zero-order valence-corrected chi connectivity index (χ0v) is 14.7. The number of aryl methyl sites for hydroxylation is 2. The van der Waals surface area contributed by atoms with E-state index < -0.39 is 0 Å². The quantitative estimate of drug-likeness (QED) is 0.461. The number of nitrogens with zero attached hydrogens (tertiary/aromatic N) is 2. The number of fused-ring (bicyclic) bond motifs is 5. The fraction of sp³-hybridized carbons (Fsp3) is 0.182. The molecule has 4 N–H and O–H groups in total. The molecule has 1 heterocycles. The first-order valence-corrected chi connectivity index (χ1v) is 8.98. The first-order chi connectivity index (χ1) is 12.7. The molecular formula is C22H22N4. The van der Waals surface area contributed by atoms with Crippen molar-refractivity contribution in [2.75, 3.05) is 11.5 Å². The van der Waals surface area contributed by atoms with E-state index in [9.17, 15) is 0 Å². The van der Waals surface area contributed by atoms with Gasteiger partial charge in [0.05, 0.1) is 0 Å². The van der Waals surface area contributed by atoms with Crippen LogP contribution in [-0.2, 0) is 12.8 Å². The average molecular weight is 342 g/mol. The van der Waals surface area contributed by atoms with Gasteiger partial charge in [0.25, 0.3) is 0 Å². The summed E-state index contributed by atoms with van der Waals surface area (Å²) in [6.07, 6.45) is 6.73. The van der Waals surface area contributed by atoms with Crippen LogP contribution in [0.4, 0.5) is 11.8 Å². The molecular weight excluding hydrogens is 320 g/mol. The van der Waals surface area contributed by atoms with Crippen molar-refractivity contribution in [3.8, 4) is 0 Å². The van der Waals surface area contributed by atoms with Gasteiger partial charge in [0.15, 0.2) is 0 Å². The lowest BCUT2D eigenvalue weighted by molar-refractivity contribution is 0.690. The summed E-state index contributed by atoms with van der Waals surface area (Å²) in [7, 11) is 0. The van der Waals surface area contributed by atoms with Gasteiger partial charge in [-0.15, -0.1) is 0 Å². The van der Waals surface area contributed by atoms with E-state index in [0.717, 1.165) is 0 Å². The van der Waals surface area contributed by atoms with Crippen LogP contribution in [0, 0.1) is 0 Å². The topological polar surface area (TPSA) is 77.8 Å². The number of hydrogen-bond acceptors (Lipinski definition) is 4. The molecule has 0 spiro atoms. The highest BCUT2D eigenvalue weighted by molar-refractivity contribution is 6.08. The van der Waals surface area contributed by atoms with Crippen LogP contribution in [0.5, 0.6) is 0 Å². The standard InChI is InChI=1S/C18H16.C4H6N4/c1-3-7-15-13(5-1)9-11-18-16-8-4-2-6-14(16)10-12-17(15)18;5-3-1-2-7-4(6)8-3/h1,3,5,7,9-12H,2,4,6,8H2;1-2H,(H4,5,6,7,8). The molecule has 1 aliphatic carbocycles. The number of nitrogen functional groups attached to an aromatic ring is 2. The van der Waals surface area contributed by atoms with Gasteiger partial charge < -0.3 is 11.5 Å². The lowest BCUT2D eigenvalue weighted by Crippen LogP contribution is -2.02. The van der Waals surface area contributed by atoms with Gasteiger partial charge in [-0.05, 0) is 64.4 Å². The predicted molar refractivity (Wildman–Crippen MR) is 109 cm³/mol. The Labute approximate surface area is 152 Å². The lowest BCUT2D eigenvalue weighted by atomic mass is 9.86. The van der Waals surface area contributed by atoms with E-state index in [0.29, 0.717) is 5.82 Å². The summed E-state index contributed by atoms with van der Waals surface area (Å²) in [5, 5.41) is 5.64. The fourth-order valence-electron chi connectivity index (χ4n) is 3.73. The Hall–Kier alpha value is -3.14. The van der Waals surface area contributed by atoms with Gasteiger partial charge in [-0.2, -0.15) is 4.98 Å². The summed E-state index contributed by atoms with van der Waals surface area (Å²) < 4.78 is 0. The highest BCUT2D eigenvalue weighted by Crippen LogP contribution is 2.33. The maximum absolute atomic E-state index is 5.23. The molecule has 1 aromatic heterocycles. The third-order valence-corrected chi connectivity index (χ3v) is 4.95. The van der Waals surface area contributed by atoms with Crippen LogP contribution >= 0.6 is 0 Å². The van der Waals surface area contributed by atoms with Crippen molar-refractivity contribution in [1.82, 2.24) is 9.97 Å². The second-order valence-electron chi connectivity index (χ2n) is 6.63. The van der Waals surface area contributed by atoms with Gasteiger partial charge in [0.1, 0.15) is 5.82 Å². The number of anilines is 2. The minimum atomic E-state index is 0.213. The molecule has 0 saturated heterocycles. The van der Waals surface area contributed by atoms with Crippen molar-refractivity contribution in [2.24, 2.45) is 0 Å². The maximum atomic E-state index is 5.23. The summed E-state index contributed by atoms with van der Waals surface area (Å²) >= 11 is 0. The molecule has 0 amide bonds. The van der Waals surface area contributed by atoms with Gasteiger partial charge in [-0.25, -0.2) is 4.98 Å². The van der Waals surface area contributed by atoms with Crippen molar-refractivity contribution in [2.45, 2.75) is 25.7 Å². The van der Waals surface area contributed by atoms with E-state index >= 15 is 0 Å². The van der Waals surface area contributed by atoms with Gasteiger partial charge in [0.2, 0.25) is 5.95 Å². The summed E-state index contributed by atoms with van der Waals surface area (Å²) in [4.78, 5) is 7.24. The monoisotopic (exact) mass is 342 g/mol. The van der Waals surface area contributed by atoms with Crippen molar-refractivity contribution in [1.29, 1.82) is 0 Å². The molecule has 0 saturated carbocycles. The zero-order valence-electron chi connectivity index (χ0n) is 14.7. The SMILES string of the molecule is Nc1ccnc(N)n1.c1ccc2c(c1)ccc1c3c(ccc12)CCCC3. The molecule has 0 radical (unpaired) electrons. The van der Waals surface area contributed by atoms with Crippen molar-refractivity contribution in [3.05, 3.63) is 71.9 Å². The number of rotatable bonds is 0. The summed E-state index contributed by atoms with van der Waals surface area (Å²) in [5.74, 6) is 0.613. The lowest BCUT2D eigenvalue weighted by Gasteiger charge is -2.18. The van der Waals surface area contributed by atoms with E-state index in [4.69, 9.17) is 11.5 Å². The van der Waals surface area contributed by atoms with Gasteiger partial charge in [-0.3, -0.25) is 0 Å². The second kappa shape index (κ2) is 7.00. The van der Waals surface area contributed by atoms with Gasteiger partial charge >= 0.3 is 0 Å². The summed E-state index contributed by atoms with van der Waals surface area (Å²) in [6.45, 7) is 0. The van der Waals surface area contributed by atoms with Crippen molar-refractivity contribution in [3.63, 3.8) is 0 Å². The molecule has 26 heavy (non-hydrogen) atoms. The zero-order chi connectivity index (χ0) is 17.9. The fourth-order valence-corrected chi connectivity index (χ4v) is 3.73. The van der Waals surface area contributed by atoms with Crippen molar-refractivity contribution < 1.29 is 0 Å². The molecule has 4 heteroatoms. The van der Waals surface area contributed by atoms with E-state index in [1.807, 2.05) is 0 Å². The third-order valence-electron chi connectivity index (χ3n) is 4.95. The van der Waals surface area contributed by atoms with Crippen LogP contribution < -0.4 is 11.5 Å². The Morgan fingerprint density at radius 2 is 1.54 bits per heavy atom. The molecule has 3 aromatic carbocycles. The molecule has 5 rings (SSSR count). The molecule has 130 valence electrons. The number of hydrogen-bond donors (Lipinski definition) is 2. The Balaban J connectivity index is 0.000000178. The molecule has 4 nitrogen and oxygen atoms in total. The molecule has 4 aromatic rings. The molecule has 0 atom stereocenters. The molecule has 0 unspecified atom stereocenters. The number of nitrogens with two attached hydrogens (primary N) is 2. The molecule has 1 aliphatic rings. The highest BCUT2D eigenvalue weighted by atomic mass is 15.0. The Bertz CT molecular complexity index is 1050. The predicted octanol–water partition coefficient (Wildman–Crippen LogP) is 4.51. The van der Waals surface area contributed by atoms with Crippen LogP contribution in [-0.4, -0.2) is 9.97 Å².